The summed E-state index contributed by atoms with van der Waals surface area (Å²) in [5.74, 6) is 0. The van der Waals surface area contributed by atoms with Gasteiger partial charge in [-0.1, -0.05) is 66.7 Å². The van der Waals surface area contributed by atoms with E-state index in [0.717, 1.165) is 40.8 Å². The SMILES string of the molecule is O=C(O)N(Cc1ccc(-c2cccc(-c3cnc[nH]3)c2)cc1)C1Cc2ccccc2C1. The van der Waals surface area contributed by atoms with Gasteiger partial charge in [0.15, 0.2) is 0 Å². The van der Waals surface area contributed by atoms with E-state index in [1.807, 2.05) is 36.5 Å². The first kappa shape index (κ1) is 19.1. The van der Waals surface area contributed by atoms with Gasteiger partial charge in [-0.25, -0.2) is 9.78 Å². The van der Waals surface area contributed by atoms with Crippen LogP contribution < -0.4 is 0 Å². The van der Waals surface area contributed by atoms with Crippen molar-refractivity contribution in [2.24, 2.45) is 0 Å². The summed E-state index contributed by atoms with van der Waals surface area (Å²) >= 11 is 0. The summed E-state index contributed by atoms with van der Waals surface area (Å²) in [7, 11) is 0. The number of nitrogens with one attached hydrogen (secondary N) is 1. The number of nitrogens with zero attached hydrogens (tertiary/aromatic N) is 2. The van der Waals surface area contributed by atoms with Crippen molar-refractivity contribution in [2.45, 2.75) is 25.4 Å². The number of rotatable bonds is 5. The van der Waals surface area contributed by atoms with Crippen LogP contribution in [0.25, 0.3) is 22.4 Å². The fourth-order valence-electron chi connectivity index (χ4n) is 4.39. The fraction of sp³-hybridized carbons (Fsp3) is 0.154. The molecule has 4 aromatic rings. The third-order valence-corrected chi connectivity index (χ3v) is 6.03. The smallest absolute Gasteiger partial charge is 0.407 e. The zero-order valence-corrected chi connectivity index (χ0v) is 17.0. The lowest BCUT2D eigenvalue weighted by molar-refractivity contribution is 0.122. The van der Waals surface area contributed by atoms with Crippen molar-refractivity contribution >= 4 is 6.09 Å². The second-order valence-electron chi connectivity index (χ2n) is 7.98. The predicted octanol–water partition coefficient (Wildman–Crippen LogP) is 5.39. The highest BCUT2D eigenvalue weighted by molar-refractivity contribution is 5.71. The number of fused-ring (bicyclic) bond motifs is 1. The van der Waals surface area contributed by atoms with E-state index in [1.165, 1.54) is 11.1 Å². The molecule has 0 saturated carbocycles. The second kappa shape index (κ2) is 8.11. The maximum absolute atomic E-state index is 12.0. The second-order valence-corrected chi connectivity index (χ2v) is 7.98. The standard InChI is InChI=1S/C26H23N3O2/c30-26(31)29(24-13-21-4-1-2-5-22(21)14-24)16-18-8-10-19(11-9-18)20-6-3-7-23(12-20)25-15-27-17-28-25/h1-12,15,17,24H,13-14,16H2,(H,27,28)(H,30,31). The monoisotopic (exact) mass is 409 g/mol. The first-order chi connectivity index (χ1) is 15.2. The number of amides is 1. The molecule has 1 amide bonds. The van der Waals surface area contributed by atoms with Crippen LogP contribution in [0.2, 0.25) is 0 Å². The van der Waals surface area contributed by atoms with Gasteiger partial charge in [0.2, 0.25) is 0 Å². The quantitative estimate of drug-likeness (QED) is 0.464. The van der Waals surface area contributed by atoms with Gasteiger partial charge in [0.05, 0.1) is 18.2 Å². The van der Waals surface area contributed by atoms with Crippen LogP contribution in [0.5, 0.6) is 0 Å². The molecular weight excluding hydrogens is 386 g/mol. The predicted molar refractivity (Wildman–Crippen MR) is 121 cm³/mol. The molecule has 3 aromatic carbocycles. The molecule has 5 heteroatoms. The average Bonchev–Trinajstić information content (AvgIpc) is 3.48. The topological polar surface area (TPSA) is 69.2 Å². The molecule has 31 heavy (non-hydrogen) atoms. The molecule has 0 bridgehead atoms. The minimum absolute atomic E-state index is 0.0133. The van der Waals surface area contributed by atoms with Crippen molar-refractivity contribution in [2.75, 3.05) is 0 Å². The number of benzene rings is 3. The summed E-state index contributed by atoms with van der Waals surface area (Å²) in [6.07, 6.45) is 4.17. The minimum atomic E-state index is -0.867. The fourth-order valence-corrected chi connectivity index (χ4v) is 4.39. The van der Waals surface area contributed by atoms with Crippen LogP contribution in [0.1, 0.15) is 16.7 Å². The third-order valence-electron chi connectivity index (χ3n) is 6.03. The lowest BCUT2D eigenvalue weighted by Gasteiger charge is -2.26. The van der Waals surface area contributed by atoms with E-state index < -0.39 is 6.09 Å². The Morgan fingerprint density at radius 2 is 1.65 bits per heavy atom. The van der Waals surface area contributed by atoms with Gasteiger partial charge in [0.1, 0.15) is 0 Å². The molecule has 0 fully saturated rings. The lowest BCUT2D eigenvalue weighted by atomic mass is 10.0. The molecule has 5 nitrogen and oxygen atoms in total. The van der Waals surface area contributed by atoms with Crippen LogP contribution in [-0.2, 0) is 19.4 Å². The van der Waals surface area contributed by atoms with E-state index in [2.05, 4.69) is 52.4 Å². The number of imidazole rings is 1. The van der Waals surface area contributed by atoms with Crippen molar-refractivity contribution < 1.29 is 9.90 Å². The summed E-state index contributed by atoms with van der Waals surface area (Å²) in [6, 6.07) is 24.7. The molecule has 1 aliphatic carbocycles. The van der Waals surface area contributed by atoms with Gasteiger partial charge in [-0.15, -0.1) is 0 Å². The molecule has 5 rings (SSSR count). The van der Waals surface area contributed by atoms with E-state index in [4.69, 9.17) is 0 Å². The molecule has 1 aliphatic rings. The van der Waals surface area contributed by atoms with Crippen LogP contribution >= 0.6 is 0 Å². The Hall–Kier alpha value is -3.86. The summed E-state index contributed by atoms with van der Waals surface area (Å²) in [6.45, 7) is 0.391. The van der Waals surface area contributed by atoms with Gasteiger partial charge < -0.3 is 15.0 Å². The highest BCUT2D eigenvalue weighted by Gasteiger charge is 2.29. The molecule has 154 valence electrons. The number of hydrogen-bond donors (Lipinski definition) is 2. The van der Waals surface area contributed by atoms with Crippen molar-refractivity contribution in [3.8, 4) is 22.4 Å². The lowest BCUT2D eigenvalue weighted by Crippen LogP contribution is -2.39. The third kappa shape index (κ3) is 3.94. The van der Waals surface area contributed by atoms with Gasteiger partial charge in [-0.05, 0) is 46.7 Å². The molecule has 1 heterocycles. The number of carbonyl (C=O) groups is 1. The Morgan fingerprint density at radius 1 is 0.935 bits per heavy atom. The first-order valence-electron chi connectivity index (χ1n) is 10.4. The van der Waals surface area contributed by atoms with Crippen LogP contribution in [0.4, 0.5) is 4.79 Å². The van der Waals surface area contributed by atoms with Gasteiger partial charge >= 0.3 is 6.09 Å². The molecule has 1 aromatic heterocycles. The Kier molecular flexibility index (Phi) is 5.00. The first-order valence-corrected chi connectivity index (χ1v) is 10.4. The van der Waals surface area contributed by atoms with E-state index in [-0.39, 0.29) is 6.04 Å². The highest BCUT2D eigenvalue weighted by Crippen LogP contribution is 2.28. The van der Waals surface area contributed by atoms with Crippen molar-refractivity contribution in [1.29, 1.82) is 0 Å². The summed E-state index contributed by atoms with van der Waals surface area (Å²) in [4.78, 5) is 20.8. The van der Waals surface area contributed by atoms with Gasteiger partial charge in [-0.3, -0.25) is 0 Å². The Labute approximate surface area is 181 Å². The summed E-state index contributed by atoms with van der Waals surface area (Å²) in [5, 5.41) is 9.85. The molecule has 0 atom stereocenters. The molecule has 0 aliphatic heterocycles. The summed E-state index contributed by atoms with van der Waals surface area (Å²) in [5.41, 5.74) is 7.77. The maximum atomic E-state index is 12.0. The van der Waals surface area contributed by atoms with E-state index in [1.54, 1.807) is 11.2 Å². The van der Waals surface area contributed by atoms with Crippen LogP contribution in [0.15, 0.2) is 85.3 Å². The van der Waals surface area contributed by atoms with Gasteiger partial charge in [-0.2, -0.15) is 0 Å². The van der Waals surface area contributed by atoms with Gasteiger partial charge in [0.25, 0.3) is 0 Å². The largest absolute Gasteiger partial charge is 0.465 e. The zero-order valence-electron chi connectivity index (χ0n) is 17.0. The van der Waals surface area contributed by atoms with E-state index >= 15 is 0 Å². The molecular formula is C26H23N3O2. The van der Waals surface area contributed by atoms with Crippen molar-refractivity contribution in [3.63, 3.8) is 0 Å². The number of hydrogen-bond acceptors (Lipinski definition) is 2. The maximum Gasteiger partial charge on any atom is 0.407 e. The molecule has 0 radical (unpaired) electrons. The number of carboxylic acid groups (broad SMARTS) is 1. The molecule has 0 spiro atoms. The summed E-state index contributed by atoms with van der Waals surface area (Å²) < 4.78 is 0. The van der Waals surface area contributed by atoms with Crippen molar-refractivity contribution in [3.05, 3.63) is 102 Å². The minimum Gasteiger partial charge on any atom is -0.465 e. The Morgan fingerprint density at radius 3 is 2.29 bits per heavy atom. The molecule has 0 saturated heterocycles. The highest BCUT2D eigenvalue weighted by atomic mass is 16.4. The van der Waals surface area contributed by atoms with Crippen molar-refractivity contribution in [1.82, 2.24) is 14.9 Å². The normalized spacial score (nSPS) is 13.2. The number of H-pyrrole nitrogens is 1. The van der Waals surface area contributed by atoms with Gasteiger partial charge in [0, 0.05) is 18.2 Å². The molecule has 0 unspecified atom stereocenters. The Bertz CT molecular complexity index is 1170. The van der Waals surface area contributed by atoms with E-state index in [0.29, 0.717) is 6.54 Å². The molecule has 2 N–H and O–H groups in total. The van der Waals surface area contributed by atoms with Crippen LogP contribution in [-0.4, -0.2) is 32.1 Å². The zero-order chi connectivity index (χ0) is 21.2. The number of aromatic nitrogens is 2. The Balaban J connectivity index is 1.33. The van der Waals surface area contributed by atoms with Crippen LogP contribution in [0, 0.1) is 0 Å². The van der Waals surface area contributed by atoms with E-state index in [9.17, 15) is 9.90 Å². The van der Waals surface area contributed by atoms with Crippen LogP contribution in [0.3, 0.4) is 0 Å². The number of aromatic amines is 1. The average molecular weight is 409 g/mol.